The number of carbonyl (C=O) groups excluding carboxylic acids is 1. The second-order valence-electron chi connectivity index (χ2n) is 7.55. The van der Waals surface area contributed by atoms with Crippen LogP contribution in [0.1, 0.15) is 44.1 Å². The maximum absolute atomic E-state index is 12.7. The molecule has 0 heterocycles. The van der Waals surface area contributed by atoms with E-state index in [1.165, 1.54) is 18.4 Å². The lowest BCUT2D eigenvalue weighted by Gasteiger charge is -2.35. The van der Waals surface area contributed by atoms with Gasteiger partial charge in [0.2, 0.25) is 0 Å². The fourth-order valence-corrected chi connectivity index (χ4v) is 3.84. The number of hydrogen-bond donors (Lipinski definition) is 2. The zero-order chi connectivity index (χ0) is 16.9. The summed E-state index contributed by atoms with van der Waals surface area (Å²) in [6.45, 7) is 0.281. The van der Waals surface area contributed by atoms with Gasteiger partial charge >= 0.3 is 6.03 Å². The van der Waals surface area contributed by atoms with Crippen molar-refractivity contribution in [3.8, 4) is 0 Å². The predicted octanol–water partition coefficient (Wildman–Crippen LogP) is 3.20. The molecule has 3 rings (SSSR count). The molecule has 2 saturated carbocycles. The molecule has 1 aromatic carbocycles. The zero-order valence-electron chi connectivity index (χ0n) is 14.7. The molecule has 2 aliphatic carbocycles. The van der Waals surface area contributed by atoms with Gasteiger partial charge in [0.25, 0.3) is 0 Å². The van der Waals surface area contributed by atoms with Crippen LogP contribution >= 0.6 is 0 Å². The van der Waals surface area contributed by atoms with E-state index in [2.05, 4.69) is 29.6 Å². The maximum atomic E-state index is 12.7. The summed E-state index contributed by atoms with van der Waals surface area (Å²) in [7, 11) is 1.92. The lowest BCUT2D eigenvalue weighted by Crippen LogP contribution is -2.49. The summed E-state index contributed by atoms with van der Waals surface area (Å²) in [6.07, 6.45) is 7.42. The molecule has 1 atom stereocenters. The average molecular weight is 330 g/mol. The van der Waals surface area contributed by atoms with Crippen LogP contribution in [0.3, 0.4) is 0 Å². The Morgan fingerprint density at radius 3 is 2.42 bits per heavy atom. The fourth-order valence-electron chi connectivity index (χ4n) is 3.84. The highest BCUT2D eigenvalue weighted by atomic mass is 16.3. The Bertz CT molecular complexity index is 522. The number of amides is 2. The molecule has 2 fully saturated rings. The van der Waals surface area contributed by atoms with Gasteiger partial charge < -0.3 is 15.3 Å². The zero-order valence-corrected chi connectivity index (χ0v) is 14.7. The molecule has 0 radical (unpaired) electrons. The Morgan fingerprint density at radius 2 is 1.83 bits per heavy atom. The molecule has 24 heavy (non-hydrogen) atoms. The minimum absolute atomic E-state index is 0.0651. The number of aliphatic hydroxyl groups excluding tert-OH is 1. The predicted molar refractivity (Wildman–Crippen MR) is 95.8 cm³/mol. The minimum Gasteiger partial charge on any atom is -0.396 e. The molecule has 0 spiro atoms. The Labute approximate surface area is 145 Å². The van der Waals surface area contributed by atoms with E-state index in [0.29, 0.717) is 17.9 Å². The molecule has 1 aromatic rings. The summed E-state index contributed by atoms with van der Waals surface area (Å²) >= 11 is 0. The smallest absolute Gasteiger partial charge is 0.317 e. The van der Waals surface area contributed by atoms with Crippen molar-refractivity contribution in [1.29, 1.82) is 0 Å². The lowest BCUT2D eigenvalue weighted by atomic mass is 9.86. The monoisotopic (exact) mass is 330 g/mol. The second kappa shape index (κ2) is 8.02. The molecule has 4 heteroatoms. The van der Waals surface area contributed by atoms with Gasteiger partial charge in [0.15, 0.2) is 0 Å². The van der Waals surface area contributed by atoms with Crippen LogP contribution in [0.5, 0.6) is 0 Å². The molecule has 132 valence electrons. The van der Waals surface area contributed by atoms with Gasteiger partial charge in [-0.3, -0.25) is 0 Å². The number of urea groups is 1. The molecule has 0 aromatic heterocycles. The molecular formula is C20H30N2O2. The van der Waals surface area contributed by atoms with E-state index in [9.17, 15) is 9.90 Å². The summed E-state index contributed by atoms with van der Waals surface area (Å²) in [5, 5.41) is 12.5. The third-order valence-corrected chi connectivity index (χ3v) is 5.74. The molecule has 0 saturated heterocycles. The second-order valence-corrected chi connectivity index (χ2v) is 7.55. The van der Waals surface area contributed by atoms with Gasteiger partial charge in [0.05, 0.1) is 0 Å². The Kier molecular flexibility index (Phi) is 5.77. The van der Waals surface area contributed by atoms with Gasteiger partial charge in [-0.15, -0.1) is 0 Å². The highest BCUT2D eigenvalue weighted by Gasteiger charge is 2.34. The van der Waals surface area contributed by atoms with Crippen LogP contribution in [0.15, 0.2) is 30.3 Å². The first-order valence-electron chi connectivity index (χ1n) is 9.35. The lowest BCUT2D eigenvalue weighted by molar-refractivity contribution is 0.132. The largest absolute Gasteiger partial charge is 0.396 e. The summed E-state index contributed by atoms with van der Waals surface area (Å²) in [4.78, 5) is 14.6. The normalized spacial score (nSPS) is 25.1. The van der Waals surface area contributed by atoms with E-state index >= 15 is 0 Å². The van der Waals surface area contributed by atoms with Crippen LogP contribution < -0.4 is 5.32 Å². The van der Waals surface area contributed by atoms with Crippen LogP contribution in [-0.4, -0.2) is 41.8 Å². The van der Waals surface area contributed by atoms with Gasteiger partial charge in [-0.2, -0.15) is 0 Å². The molecule has 1 unspecified atom stereocenters. The number of carbonyl (C=O) groups is 1. The average Bonchev–Trinajstić information content (AvgIpc) is 3.46. The van der Waals surface area contributed by atoms with Crippen LogP contribution in [0.4, 0.5) is 4.79 Å². The van der Waals surface area contributed by atoms with E-state index in [1.807, 2.05) is 18.0 Å². The van der Waals surface area contributed by atoms with Crippen LogP contribution in [-0.2, 0) is 6.42 Å². The standard InChI is InChI=1S/C20H30N2O2/c1-22(18-11-7-16(14-23)8-12-18)20(24)21-19(17-9-10-17)13-15-5-3-2-4-6-15/h2-6,16-19,23H,7-14H2,1H3,(H,21,24). The van der Waals surface area contributed by atoms with Crippen molar-refractivity contribution in [2.24, 2.45) is 11.8 Å². The third kappa shape index (κ3) is 4.50. The fraction of sp³-hybridized carbons (Fsp3) is 0.650. The first-order valence-corrected chi connectivity index (χ1v) is 9.35. The van der Waals surface area contributed by atoms with E-state index in [-0.39, 0.29) is 18.7 Å². The quantitative estimate of drug-likeness (QED) is 0.841. The Balaban J connectivity index is 1.53. The van der Waals surface area contributed by atoms with Crippen molar-refractivity contribution in [3.63, 3.8) is 0 Å². The number of nitrogens with zero attached hydrogens (tertiary/aromatic N) is 1. The van der Waals surface area contributed by atoms with Crippen molar-refractivity contribution in [1.82, 2.24) is 10.2 Å². The van der Waals surface area contributed by atoms with Gasteiger partial charge in [-0.05, 0) is 62.3 Å². The minimum atomic E-state index is 0.0651. The summed E-state index contributed by atoms with van der Waals surface area (Å²) in [6, 6.07) is 11.1. The first-order chi connectivity index (χ1) is 11.7. The van der Waals surface area contributed by atoms with Gasteiger partial charge in [0.1, 0.15) is 0 Å². The van der Waals surface area contributed by atoms with Crippen molar-refractivity contribution in [2.75, 3.05) is 13.7 Å². The Morgan fingerprint density at radius 1 is 1.17 bits per heavy atom. The van der Waals surface area contributed by atoms with Crippen LogP contribution in [0, 0.1) is 11.8 Å². The molecule has 4 nitrogen and oxygen atoms in total. The maximum Gasteiger partial charge on any atom is 0.317 e. The number of aliphatic hydroxyl groups is 1. The molecule has 2 amide bonds. The molecule has 0 bridgehead atoms. The summed E-state index contributed by atoms with van der Waals surface area (Å²) in [5.41, 5.74) is 1.29. The van der Waals surface area contributed by atoms with Crippen molar-refractivity contribution in [3.05, 3.63) is 35.9 Å². The van der Waals surface area contributed by atoms with E-state index in [4.69, 9.17) is 0 Å². The number of benzene rings is 1. The van der Waals surface area contributed by atoms with E-state index in [0.717, 1.165) is 32.1 Å². The highest BCUT2D eigenvalue weighted by Crippen LogP contribution is 2.34. The Hall–Kier alpha value is -1.55. The summed E-state index contributed by atoms with van der Waals surface area (Å²) < 4.78 is 0. The number of nitrogens with one attached hydrogen (secondary N) is 1. The molecule has 2 N–H and O–H groups in total. The van der Waals surface area contributed by atoms with Gasteiger partial charge in [-0.25, -0.2) is 4.79 Å². The summed E-state index contributed by atoms with van der Waals surface area (Å²) in [5.74, 6) is 1.06. The van der Waals surface area contributed by atoms with E-state index in [1.54, 1.807) is 0 Å². The van der Waals surface area contributed by atoms with Crippen LogP contribution in [0.25, 0.3) is 0 Å². The third-order valence-electron chi connectivity index (χ3n) is 5.74. The number of hydrogen-bond acceptors (Lipinski definition) is 2. The van der Waals surface area contributed by atoms with Gasteiger partial charge in [0, 0.05) is 25.7 Å². The first kappa shape index (κ1) is 17.3. The SMILES string of the molecule is CN(C(=O)NC(Cc1ccccc1)C1CC1)C1CCC(CO)CC1. The molecule has 2 aliphatic rings. The van der Waals surface area contributed by atoms with Gasteiger partial charge in [-0.1, -0.05) is 30.3 Å². The highest BCUT2D eigenvalue weighted by molar-refractivity contribution is 5.74. The van der Waals surface area contributed by atoms with Crippen molar-refractivity contribution >= 4 is 6.03 Å². The van der Waals surface area contributed by atoms with E-state index < -0.39 is 0 Å². The number of rotatable bonds is 6. The molecule has 0 aliphatic heterocycles. The molecular weight excluding hydrogens is 300 g/mol. The van der Waals surface area contributed by atoms with Crippen LogP contribution in [0.2, 0.25) is 0 Å². The topological polar surface area (TPSA) is 52.6 Å². The van der Waals surface area contributed by atoms with Crippen molar-refractivity contribution in [2.45, 2.75) is 57.0 Å². The van der Waals surface area contributed by atoms with Crippen molar-refractivity contribution < 1.29 is 9.90 Å².